The Bertz CT molecular complexity index is 391. The van der Waals surface area contributed by atoms with Crippen LogP contribution in [0.15, 0.2) is 0 Å². The van der Waals surface area contributed by atoms with E-state index in [1.165, 1.54) is 36.9 Å². The van der Waals surface area contributed by atoms with Gasteiger partial charge in [0.1, 0.15) is 0 Å². The lowest BCUT2D eigenvalue weighted by Crippen LogP contribution is -2.20. The molecule has 0 saturated heterocycles. The molecule has 0 amide bonds. The molecule has 1 aliphatic rings. The van der Waals surface area contributed by atoms with Gasteiger partial charge in [-0.3, -0.25) is 4.68 Å². The Balaban J connectivity index is 1.95. The zero-order valence-electron chi connectivity index (χ0n) is 11.9. The van der Waals surface area contributed by atoms with Crippen LogP contribution in [0.2, 0.25) is 0 Å². The van der Waals surface area contributed by atoms with Crippen molar-refractivity contribution in [2.75, 3.05) is 0 Å². The van der Waals surface area contributed by atoms with Crippen LogP contribution in [0.25, 0.3) is 0 Å². The van der Waals surface area contributed by atoms with Crippen LogP contribution in [0, 0.1) is 19.8 Å². The molecule has 1 heterocycles. The maximum Gasteiger partial charge on any atom is 0.0738 e. The molecule has 18 heavy (non-hydrogen) atoms. The molecule has 1 fully saturated rings. The quantitative estimate of drug-likeness (QED) is 0.872. The smallest absolute Gasteiger partial charge is 0.0738 e. The summed E-state index contributed by atoms with van der Waals surface area (Å²) in [4.78, 5) is 0. The molecule has 2 rings (SSSR count). The predicted octanol–water partition coefficient (Wildman–Crippen LogP) is 3.00. The van der Waals surface area contributed by atoms with E-state index in [0.717, 1.165) is 24.5 Å². The molecule has 1 aliphatic carbocycles. The first-order valence-electron chi connectivity index (χ1n) is 7.32. The van der Waals surface area contributed by atoms with E-state index in [9.17, 15) is 5.11 Å². The highest BCUT2D eigenvalue weighted by Crippen LogP contribution is 2.29. The SMILES string of the molecule is CCc1c(C)nn(CC(O)CC2CCCC2)c1C. The number of nitrogens with zero attached hydrogens (tertiary/aromatic N) is 2. The van der Waals surface area contributed by atoms with E-state index in [1.54, 1.807) is 0 Å². The Hall–Kier alpha value is -0.830. The van der Waals surface area contributed by atoms with E-state index in [2.05, 4.69) is 25.9 Å². The normalized spacial score (nSPS) is 18.4. The number of aliphatic hydroxyl groups excluding tert-OH is 1. The lowest BCUT2D eigenvalue weighted by Gasteiger charge is -2.16. The summed E-state index contributed by atoms with van der Waals surface area (Å²) in [6.45, 7) is 6.99. The van der Waals surface area contributed by atoms with Crippen LogP contribution >= 0.6 is 0 Å². The van der Waals surface area contributed by atoms with Gasteiger partial charge in [0.15, 0.2) is 0 Å². The van der Waals surface area contributed by atoms with Crippen LogP contribution in [0.3, 0.4) is 0 Å². The first kappa shape index (κ1) is 13.6. The first-order chi connectivity index (χ1) is 8.61. The van der Waals surface area contributed by atoms with Crippen molar-refractivity contribution in [3.8, 4) is 0 Å². The molecular weight excluding hydrogens is 224 g/mol. The fraction of sp³-hybridized carbons (Fsp3) is 0.800. The molecule has 1 atom stereocenters. The Labute approximate surface area is 110 Å². The second kappa shape index (κ2) is 5.87. The summed E-state index contributed by atoms with van der Waals surface area (Å²) in [6.07, 6.45) is 7.02. The summed E-state index contributed by atoms with van der Waals surface area (Å²) >= 11 is 0. The minimum absolute atomic E-state index is 0.240. The van der Waals surface area contributed by atoms with Gasteiger partial charge in [-0.2, -0.15) is 5.10 Å². The maximum atomic E-state index is 10.2. The van der Waals surface area contributed by atoms with Crippen molar-refractivity contribution in [1.82, 2.24) is 9.78 Å². The summed E-state index contributed by atoms with van der Waals surface area (Å²) in [5, 5.41) is 14.8. The highest BCUT2D eigenvalue weighted by atomic mass is 16.3. The van der Waals surface area contributed by atoms with Gasteiger partial charge in [0, 0.05) is 5.69 Å². The van der Waals surface area contributed by atoms with Crippen molar-refractivity contribution < 1.29 is 5.11 Å². The summed E-state index contributed by atoms with van der Waals surface area (Å²) < 4.78 is 1.99. The van der Waals surface area contributed by atoms with Gasteiger partial charge in [0.25, 0.3) is 0 Å². The van der Waals surface area contributed by atoms with Crippen molar-refractivity contribution in [3.05, 3.63) is 17.0 Å². The second-order valence-electron chi connectivity index (χ2n) is 5.73. The zero-order valence-corrected chi connectivity index (χ0v) is 11.9. The third-order valence-corrected chi connectivity index (χ3v) is 4.35. The molecule has 0 spiro atoms. The van der Waals surface area contributed by atoms with Gasteiger partial charge in [0.2, 0.25) is 0 Å². The number of aryl methyl sites for hydroxylation is 1. The molecule has 1 unspecified atom stereocenters. The molecule has 0 bridgehead atoms. The molecule has 0 radical (unpaired) electrons. The number of rotatable bonds is 5. The summed E-state index contributed by atoms with van der Waals surface area (Å²) in [5.41, 5.74) is 3.67. The Morgan fingerprint density at radius 3 is 2.56 bits per heavy atom. The molecule has 1 N–H and O–H groups in total. The van der Waals surface area contributed by atoms with Crippen LogP contribution in [-0.4, -0.2) is 21.0 Å². The van der Waals surface area contributed by atoms with Crippen molar-refractivity contribution in [3.63, 3.8) is 0 Å². The van der Waals surface area contributed by atoms with Gasteiger partial charge in [-0.15, -0.1) is 0 Å². The van der Waals surface area contributed by atoms with E-state index < -0.39 is 0 Å². The second-order valence-corrected chi connectivity index (χ2v) is 5.73. The Morgan fingerprint density at radius 1 is 1.33 bits per heavy atom. The van der Waals surface area contributed by atoms with Crippen LogP contribution in [-0.2, 0) is 13.0 Å². The number of aromatic nitrogens is 2. The summed E-state index contributed by atoms with van der Waals surface area (Å²) in [5.74, 6) is 0.739. The zero-order chi connectivity index (χ0) is 13.1. The van der Waals surface area contributed by atoms with E-state index >= 15 is 0 Å². The van der Waals surface area contributed by atoms with Crippen molar-refractivity contribution in [2.24, 2.45) is 5.92 Å². The molecule has 1 aromatic heterocycles. The highest BCUT2D eigenvalue weighted by Gasteiger charge is 2.20. The molecule has 0 aromatic carbocycles. The van der Waals surface area contributed by atoms with Gasteiger partial charge in [-0.25, -0.2) is 0 Å². The van der Waals surface area contributed by atoms with Crippen LogP contribution in [0.5, 0.6) is 0 Å². The minimum Gasteiger partial charge on any atom is -0.391 e. The van der Waals surface area contributed by atoms with E-state index in [4.69, 9.17) is 0 Å². The number of hydrogen-bond acceptors (Lipinski definition) is 2. The van der Waals surface area contributed by atoms with Crippen LogP contribution in [0.1, 0.15) is 56.0 Å². The van der Waals surface area contributed by atoms with Gasteiger partial charge < -0.3 is 5.11 Å². The fourth-order valence-corrected chi connectivity index (χ4v) is 3.33. The van der Waals surface area contributed by atoms with Crippen molar-refractivity contribution >= 4 is 0 Å². The fourth-order valence-electron chi connectivity index (χ4n) is 3.33. The standard InChI is InChI=1S/C15H26N2O/c1-4-15-11(2)16-17(12(15)3)10-14(18)9-13-7-5-6-8-13/h13-14,18H,4-10H2,1-3H3. The topological polar surface area (TPSA) is 38.0 Å². The molecule has 3 nitrogen and oxygen atoms in total. The van der Waals surface area contributed by atoms with Gasteiger partial charge in [-0.1, -0.05) is 32.6 Å². The predicted molar refractivity (Wildman–Crippen MR) is 73.7 cm³/mol. The van der Waals surface area contributed by atoms with Crippen LogP contribution < -0.4 is 0 Å². The van der Waals surface area contributed by atoms with Crippen LogP contribution in [0.4, 0.5) is 0 Å². The molecule has 0 aliphatic heterocycles. The molecule has 1 aromatic rings. The third-order valence-electron chi connectivity index (χ3n) is 4.35. The Kier molecular flexibility index (Phi) is 4.44. The molecule has 102 valence electrons. The summed E-state index contributed by atoms with van der Waals surface area (Å²) in [7, 11) is 0. The first-order valence-corrected chi connectivity index (χ1v) is 7.32. The van der Waals surface area contributed by atoms with E-state index in [1.807, 2.05) is 4.68 Å². The largest absolute Gasteiger partial charge is 0.391 e. The highest BCUT2D eigenvalue weighted by molar-refractivity contribution is 5.24. The van der Waals surface area contributed by atoms with Gasteiger partial charge >= 0.3 is 0 Å². The average molecular weight is 250 g/mol. The van der Waals surface area contributed by atoms with Crippen molar-refractivity contribution in [2.45, 2.75) is 71.9 Å². The Morgan fingerprint density at radius 2 is 2.00 bits per heavy atom. The lowest BCUT2D eigenvalue weighted by molar-refractivity contribution is 0.119. The van der Waals surface area contributed by atoms with Gasteiger partial charge in [-0.05, 0) is 38.2 Å². The number of hydrogen-bond donors (Lipinski definition) is 1. The molecular formula is C15H26N2O. The van der Waals surface area contributed by atoms with E-state index in [0.29, 0.717) is 6.54 Å². The minimum atomic E-state index is -0.240. The molecule has 1 saturated carbocycles. The summed E-state index contributed by atoms with van der Waals surface area (Å²) in [6, 6.07) is 0. The number of aliphatic hydroxyl groups is 1. The van der Waals surface area contributed by atoms with Crippen molar-refractivity contribution in [1.29, 1.82) is 0 Å². The third kappa shape index (κ3) is 2.94. The lowest BCUT2D eigenvalue weighted by atomic mass is 10.00. The van der Waals surface area contributed by atoms with Gasteiger partial charge in [0.05, 0.1) is 18.3 Å². The maximum absolute atomic E-state index is 10.2. The van der Waals surface area contributed by atoms with E-state index in [-0.39, 0.29) is 6.10 Å². The molecule has 3 heteroatoms. The monoisotopic (exact) mass is 250 g/mol. The average Bonchev–Trinajstić information content (AvgIpc) is 2.89.